The number of non-ortho nitro benzene ring substituents is 1. The zero-order chi connectivity index (χ0) is 27.0. The number of para-hydroxylation sites is 1. The topological polar surface area (TPSA) is 153 Å². The fraction of sp³-hybridized carbons (Fsp3) is 0.167. The van der Waals surface area contributed by atoms with E-state index in [1.54, 1.807) is 55.3 Å². The zero-order valence-corrected chi connectivity index (χ0v) is 21.5. The van der Waals surface area contributed by atoms with E-state index in [0.717, 1.165) is 5.56 Å². The molecule has 0 radical (unpaired) electrons. The minimum absolute atomic E-state index is 0.0150. The highest BCUT2D eigenvalue weighted by atomic mass is 35.5. The van der Waals surface area contributed by atoms with Crippen molar-refractivity contribution in [3.05, 3.63) is 91.3 Å². The molecule has 0 bridgehead atoms. The van der Waals surface area contributed by atoms with E-state index in [1.807, 2.05) is 0 Å². The summed E-state index contributed by atoms with van der Waals surface area (Å²) in [5.41, 5.74) is 2.35. The Morgan fingerprint density at radius 2 is 2.11 bits per heavy atom. The molecule has 0 aliphatic carbocycles. The van der Waals surface area contributed by atoms with Crippen LogP contribution in [0.1, 0.15) is 24.1 Å². The average Bonchev–Trinajstić information content (AvgIpc) is 3.47. The fourth-order valence-corrected chi connectivity index (χ4v) is 4.57. The molecular formula is C24H20Cl2N8O4. The predicted molar refractivity (Wildman–Crippen MR) is 142 cm³/mol. The molecule has 194 valence electrons. The number of rotatable bonds is 6. The molecule has 38 heavy (non-hydrogen) atoms. The third kappa shape index (κ3) is 5.04. The molecular weight excluding hydrogens is 535 g/mol. The lowest BCUT2D eigenvalue weighted by atomic mass is 9.95. The van der Waals surface area contributed by atoms with Crippen LogP contribution in [-0.2, 0) is 18.4 Å². The summed E-state index contributed by atoms with van der Waals surface area (Å²) >= 11 is 12.6. The van der Waals surface area contributed by atoms with Gasteiger partial charge in [-0.15, -0.1) is 0 Å². The number of nitro groups is 1. The van der Waals surface area contributed by atoms with Gasteiger partial charge in [0.15, 0.2) is 0 Å². The normalized spacial score (nSPS) is 15.3. The number of aromatic nitrogens is 3. The van der Waals surface area contributed by atoms with Crippen molar-refractivity contribution in [3.8, 4) is 0 Å². The van der Waals surface area contributed by atoms with E-state index < -0.39 is 11.0 Å². The number of benzene rings is 2. The standard InChI is InChI=1S/C24H20Cl2N8O4/c1-12-19(22(35)27-9-13-10-28-33(2)11-13)20(15-7-6-14(25)8-16(15)26)31-23(29-12)32-24-30-17-4-3-5-18(34(36)37)21(17)38-24/h3-8,10-11,20H,9H2,1-2H3,(H,27,35)(H2,29,30,31,32). The third-order valence-corrected chi connectivity index (χ3v) is 6.33. The van der Waals surface area contributed by atoms with E-state index in [-0.39, 0.29) is 35.7 Å². The molecule has 12 nitrogen and oxygen atoms in total. The molecule has 0 fully saturated rings. The predicted octanol–water partition coefficient (Wildman–Crippen LogP) is 4.48. The van der Waals surface area contributed by atoms with Gasteiger partial charge >= 0.3 is 11.7 Å². The molecule has 2 aromatic carbocycles. The Balaban J connectivity index is 1.47. The summed E-state index contributed by atoms with van der Waals surface area (Å²) in [6, 6.07) is 8.55. The van der Waals surface area contributed by atoms with Crippen LogP contribution in [0.4, 0.5) is 11.7 Å². The van der Waals surface area contributed by atoms with E-state index in [2.05, 4.69) is 31.0 Å². The Labute approximate surface area is 225 Å². The van der Waals surface area contributed by atoms with E-state index >= 15 is 0 Å². The molecule has 5 rings (SSSR count). The Bertz CT molecular complexity index is 1640. The molecule has 4 aromatic rings. The summed E-state index contributed by atoms with van der Waals surface area (Å²) in [6.07, 6.45) is 3.47. The minimum atomic E-state index is -0.809. The first kappa shape index (κ1) is 25.2. The largest absolute Gasteiger partial charge is 0.416 e. The number of anilines is 1. The monoisotopic (exact) mass is 554 g/mol. The van der Waals surface area contributed by atoms with Crippen LogP contribution in [-0.4, -0.2) is 31.6 Å². The second-order valence-corrected chi connectivity index (χ2v) is 9.28. The number of oxazole rings is 1. The van der Waals surface area contributed by atoms with E-state index in [9.17, 15) is 14.9 Å². The summed E-state index contributed by atoms with van der Waals surface area (Å²) < 4.78 is 7.26. The number of amides is 1. The number of carbonyl (C=O) groups is 1. The molecule has 1 atom stereocenters. The summed E-state index contributed by atoms with van der Waals surface area (Å²) in [4.78, 5) is 33.1. The van der Waals surface area contributed by atoms with Gasteiger partial charge in [-0.2, -0.15) is 10.1 Å². The van der Waals surface area contributed by atoms with Crippen molar-refractivity contribution < 1.29 is 14.1 Å². The molecule has 0 saturated heterocycles. The second-order valence-electron chi connectivity index (χ2n) is 8.44. The summed E-state index contributed by atoms with van der Waals surface area (Å²) in [5.74, 6) is -0.147. The van der Waals surface area contributed by atoms with Gasteiger partial charge in [0.2, 0.25) is 11.5 Å². The highest BCUT2D eigenvalue weighted by molar-refractivity contribution is 6.35. The van der Waals surface area contributed by atoms with Crippen molar-refractivity contribution in [2.75, 3.05) is 5.32 Å². The molecule has 0 saturated carbocycles. The number of halogens is 2. The van der Waals surface area contributed by atoms with Gasteiger partial charge in [0.05, 0.1) is 16.7 Å². The maximum Gasteiger partial charge on any atom is 0.313 e. The lowest BCUT2D eigenvalue weighted by Crippen LogP contribution is -2.39. The van der Waals surface area contributed by atoms with Crippen LogP contribution >= 0.6 is 23.2 Å². The number of hydrogen-bond acceptors (Lipinski definition) is 9. The van der Waals surface area contributed by atoms with E-state index in [4.69, 9.17) is 27.6 Å². The number of guanidine groups is 1. The van der Waals surface area contributed by atoms with Crippen LogP contribution in [0.2, 0.25) is 10.0 Å². The van der Waals surface area contributed by atoms with Gasteiger partial charge in [-0.3, -0.25) is 24.9 Å². The van der Waals surface area contributed by atoms with Crippen LogP contribution in [0.3, 0.4) is 0 Å². The Morgan fingerprint density at radius 1 is 1.29 bits per heavy atom. The van der Waals surface area contributed by atoms with Crippen LogP contribution in [0.5, 0.6) is 0 Å². The van der Waals surface area contributed by atoms with Gasteiger partial charge in [-0.1, -0.05) is 35.3 Å². The van der Waals surface area contributed by atoms with Crippen LogP contribution in [0.15, 0.2) is 69.5 Å². The van der Waals surface area contributed by atoms with Crippen LogP contribution in [0, 0.1) is 10.1 Å². The van der Waals surface area contributed by atoms with Crippen molar-refractivity contribution in [2.45, 2.75) is 19.5 Å². The van der Waals surface area contributed by atoms with Crippen LogP contribution in [0.25, 0.3) is 11.1 Å². The first-order valence-corrected chi connectivity index (χ1v) is 12.0. The molecule has 3 heterocycles. The number of nitrogens with one attached hydrogen (secondary N) is 3. The Hall–Kier alpha value is -4.42. The zero-order valence-electron chi connectivity index (χ0n) is 20.0. The smallest absolute Gasteiger partial charge is 0.313 e. The highest BCUT2D eigenvalue weighted by Crippen LogP contribution is 2.36. The van der Waals surface area contributed by atoms with Crippen molar-refractivity contribution >= 4 is 57.9 Å². The number of allylic oxidation sites excluding steroid dienone is 1. The second kappa shape index (κ2) is 10.1. The fourth-order valence-electron chi connectivity index (χ4n) is 4.06. The number of aliphatic imine (C=N–C) groups is 1. The molecule has 3 N–H and O–H groups in total. The van der Waals surface area contributed by atoms with Gasteiger partial charge in [0.1, 0.15) is 11.6 Å². The lowest BCUT2D eigenvalue weighted by molar-refractivity contribution is -0.383. The van der Waals surface area contributed by atoms with Crippen molar-refractivity contribution in [3.63, 3.8) is 0 Å². The molecule has 14 heteroatoms. The van der Waals surface area contributed by atoms with Crippen molar-refractivity contribution in [1.82, 2.24) is 25.4 Å². The minimum Gasteiger partial charge on any atom is -0.416 e. The number of hydrogen-bond donors (Lipinski definition) is 3. The maximum absolute atomic E-state index is 13.3. The van der Waals surface area contributed by atoms with Crippen molar-refractivity contribution in [2.24, 2.45) is 12.0 Å². The molecule has 0 spiro atoms. The quantitative estimate of drug-likeness (QED) is 0.233. The first-order valence-electron chi connectivity index (χ1n) is 11.3. The molecule has 2 aromatic heterocycles. The molecule has 1 aliphatic heterocycles. The van der Waals surface area contributed by atoms with Gasteiger partial charge < -0.3 is 15.1 Å². The third-order valence-electron chi connectivity index (χ3n) is 5.77. The summed E-state index contributed by atoms with van der Waals surface area (Å²) in [7, 11) is 1.79. The first-order chi connectivity index (χ1) is 18.2. The van der Waals surface area contributed by atoms with E-state index in [1.165, 1.54) is 12.1 Å². The number of nitrogens with zero attached hydrogens (tertiary/aromatic N) is 5. The number of nitro benzene ring substituents is 1. The highest BCUT2D eigenvalue weighted by Gasteiger charge is 2.31. The van der Waals surface area contributed by atoms with E-state index in [0.29, 0.717) is 32.4 Å². The lowest BCUT2D eigenvalue weighted by Gasteiger charge is -2.27. The molecule has 1 aliphatic rings. The Kier molecular flexibility index (Phi) is 6.74. The Morgan fingerprint density at radius 3 is 2.82 bits per heavy atom. The van der Waals surface area contributed by atoms with Crippen LogP contribution < -0.4 is 16.0 Å². The van der Waals surface area contributed by atoms with Gasteiger partial charge in [-0.05, 0) is 25.1 Å². The van der Waals surface area contributed by atoms with Gasteiger partial charge in [0.25, 0.3) is 5.91 Å². The van der Waals surface area contributed by atoms with Gasteiger partial charge in [0, 0.05) is 52.7 Å². The number of fused-ring (bicyclic) bond motifs is 1. The maximum atomic E-state index is 13.3. The van der Waals surface area contributed by atoms with Crippen molar-refractivity contribution in [1.29, 1.82) is 0 Å². The molecule has 1 unspecified atom stereocenters. The summed E-state index contributed by atoms with van der Waals surface area (Å²) in [6.45, 7) is 1.99. The SMILES string of the molecule is CC1=C(C(=O)NCc2cnn(C)c2)C(c2ccc(Cl)cc2Cl)N=C(Nc2nc3cccc([N+](=O)[O-])c3o2)N1. The number of aryl methyl sites for hydroxylation is 1. The average molecular weight is 555 g/mol. The molecule has 1 amide bonds. The summed E-state index contributed by atoms with van der Waals surface area (Å²) in [5, 5.41) is 25.1. The van der Waals surface area contributed by atoms with Gasteiger partial charge in [-0.25, -0.2) is 4.99 Å². The number of carbonyl (C=O) groups excluding carboxylic acids is 1.